The van der Waals surface area contributed by atoms with Crippen LogP contribution in [0.2, 0.25) is 0 Å². The molecular weight excluding hydrogens is 299 g/mol. The molecule has 0 aliphatic rings. The van der Waals surface area contributed by atoms with E-state index in [0.29, 0.717) is 18.7 Å². The number of sulfonamides is 1. The molecule has 0 aliphatic heterocycles. The van der Waals surface area contributed by atoms with Crippen LogP contribution in [0.5, 0.6) is 5.75 Å². The van der Waals surface area contributed by atoms with Crippen molar-refractivity contribution in [2.45, 2.75) is 25.0 Å². The summed E-state index contributed by atoms with van der Waals surface area (Å²) in [7, 11) is -2.60. The Balaban J connectivity index is 2.62. The van der Waals surface area contributed by atoms with Crippen molar-refractivity contribution in [2.75, 3.05) is 7.11 Å². The lowest BCUT2D eigenvalue weighted by Crippen LogP contribution is -2.19. The molecule has 0 amide bonds. The summed E-state index contributed by atoms with van der Waals surface area (Å²) in [6.45, 7) is 2.15. The molecule has 0 bridgehead atoms. The van der Waals surface area contributed by atoms with Gasteiger partial charge in [0.15, 0.2) is 5.82 Å². The van der Waals surface area contributed by atoms with Gasteiger partial charge >= 0.3 is 0 Å². The Bertz CT molecular complexity index is 758. The number of nitrogens with zero attached hydrogens (tertiary/aromatic N) is 3. The summed E-state index contributed by atoms with van der Waals surface area (Å²) in [4.78, 5) is 0. The van der Waals surface area contributed by atoms with E-state index in [1.165, 1.54) is 23.8 Å². The van der Waals surface area contributed by atoms with Crippen molar-refractivity contribution in [3.8, 4) is 17.1 Å². The van der Waals surface area contributed by atoms with Crippen molar-refractivity contribution in [3.05, 3.63) is 24.0 Å². The van der Waals surface area contributed by atoms with E-state index in [-0.39, 0.29) is 16.5 Å². The normalized spacial score (nSPS) is 11.6. The van der Waals surface area contributed by atoms with Gasteiger partial charge in [-0.1, -0.05) is 6.92 Å². The van der Waals surface area contributed by atoms with Gasteiger partial charge < -0.3 is 4.74 Å². The van der Waals surface area contributed by atoms with Gasteiger partial charge in [-0.3, -0.25) is 4.57 Å². The second-order valence-corrected chi connectivity index (χ2v) is 5.80. The van der Waals surface area contributed by atoms with Gasteiger partial charge in [-0.15, -0.1) is 10.2 Å². The predicted molar refractivity (Wildman–Crippen MR) is 73.6 cm³/mol. The maximum absolute atomic E-state index is 14.1. The van der Waals surface area contributed by atoms with Crippen molar-refractivity contribution in [1.29, 1.82) is 0 Å². The van der Waals surface area contributed by atoms with Gasteiger partial charge in [-0.25, -0.2) is 17.9 Å². The molecule has 114 valence electrons. The first-order valence-corrected chi connectivity index (χ1v) is 7.73. The molecule has 0 spiro atoms. The van der Waals surface area contributed by atoms with Crippen LogP contribution < -0.4 is 9.88 Å². The van der Waals surface area contributed by atoms with Crippen molar-refractivity contribution in [3.63, 3.8) is 0 Å². The van der Waals surface area contributed by atoms with E-state index in [2.05, 4.69) is 10.2 Å². The van der Waals surface area contributed by atoms with Crippen molar-refractivity contribution >= 4 is 10.0 Å². The van der Waals surface area contributed by atoms with Crippen LogP contribution in [0.15, 0.2) is 23.4 Å². The first-order chi connectivity index (χ1) is 9.88. The number of rotatable bonds is 5. The van der Waals surface area contributed by atoms with E-state index in [9.17, 15) is 12.8 Å². The number of hydrogen-bond acceptors (Lipinski definition) is 5. The SMILES string of the molecule is CCCn1c(-c2ccc(OC)cc2F)nnc1S(N)(=O)=O. The van der Waals surface area contributed by atoms with Crippen LogP contribution in [0.4, 0.5) is 4.39 Å². The maximum Gasteiger partial charge on any atom is 0.273 e. The summed E-state index contributed by atoms with van der Waals surface area (Å²) in [6, 6.07) is 4.20. The first kappa shape index (κ1) is 15.4. The Labute approximate surface area is 121 Å². The van der Waals surface area contributed by atoms with Gasteiger partial charge in [0, 0.05) is 12.6 Å². The Kier molecular flexibility index (Phi) is 4.24. The van der Waals surface area contributed by atoms with Crippen LogP contribution in [0.3, 0.4) is 0 Å². The largest absolute Gasteiger partial charge is 0.497 e. The van der Waals surface area contributed by atoms with Crippen LogP contribution in [-0.4, -0.2) is 30.3 Å². The van der Waals surface area contributed by atoms with E-state index < -0.39 is 15.8 Å². The average Bonchev–Trinajstić information content (AvgIpc) is 2.82. The van der Waals surface area contributed by atoms with Crippen molar-refractivity contribution in [1.82, 2.24) is 14.8 Å². The van der Waals surface area contributed by atoms with Gasteiger partial charge in [0.25, 0.3) is 15.2 Å². The monoisotopic (exact) mass is 314 g/mol. The number of benzene rings is 1. The minimum Gasteiger partial charge on any atom is -0.497 e. The molecule has 2 aromatic rings. The molecule has 21 heavy (non-hydrogen) atoms. The number of methoxy groups -OCH3 is 1. The smallest absolute Gasteiger partial charge is 0.273 e. The fraction of sp³-hybridized carbons (Fsp3) is 0.333. The molecule has 0 fully saturated rings. The topological polar surface area (TPSA) is 100 Å². The fourth-order valence-corrected chi connectivity index (χ4v) is 2.57. The molecule has 0 atom stereocenters. The molecule has 9 heteroatoms. The summed E-state index contributed by atoms with van der Waals surface area (Å²) in [5, 5.41) is 12.0. The van der Waals surface area contributed by atoms with Gasteiger partial charge in [0.05, 0.1) is 12.7 Å². The maximum atomic E-state index is 14.1. The molecule has 2 N–H and O–H groups in total. The summed E-state index contributed by atoms with van der Waals surface area (Å²) in [5.41, 5.74) is 0.131. The molecular formula is C12H15FN4O3S. The molecule has 1 heterocycles. The lowest BCUT2D eigenvalue weighted by molar-refractivity contribution is 0.411. The lowest BCUT2D eigenvalue weighted by atomic mass is 10.2. The van der Waals surface area contributed by atoms with Gasteiger partial charge in [-0.2, -0.15) is 0 Å². The zero-order valence-corrected chi connectivity index (χ0v) is 12.4. The van der Waals surface area contributed by atoms with Crippen LogP contribution in [0.25, 0.3) is 11.4 Å². The third kappa shape index (κ3) is 3.03. The second-order valence-electron chi connectivity index (χ2n) is 4.35. The highest BCUT2D eigenvalue weighted by Gasteiger charge is 2.23. The molecule has 2 rings (SSSR count). The Morgan fingerprint density at radius 2 is 2.10 bits per heavy atom. The van der Waals surface area contributed by atoms with E-state index in [4.69, 9.17) is 9.88 Å². The highest BCUT2D eigenvalue weighted by atomic mass is 32.2. The zero-order valence-electron chi connectivity index (χ0n) is 11.6. The van der Waals surface area contributed by atoms with Crippen LogP contribution in [0, 0.1) is 5.82 Å². The summed E-state index contributed by atoms with van der Waals surface area (Å²) in [6.07, 6.45) is 0.616. The molecule has 1 aromatic carbocycles. The van der Waals surface area contributed by atoms with Gasteiger partial charge in [-0.05, 0) is 18.6 Å². The third-order valence-electron chi connectivity index (χ3n) is 2.84. The number of nitrogens with two attached hydrogens (primary N) is 1. The molecule has 0 unspecified atom stereocenters. The zero-order chi connectivity index (χ0) is 15.6. The minimum absolute atomic E-state index is 0.112. The van der Waals surface area contributed by atoms with E-state index in [0.717, 1.165) is 0 Å². The average molecular weight is 314 g/mol. The van der Waals surface area contributed by atoms with Crippen molar-refractivity contribution in [2.24, 2.45) is 5.14 Å². The molecule has 0 saturated heterocycles. The molecule has 1 aromatic heterocycles. The summed E-state index contributed by atoms with van der Waals surface area (Å²) >= 11 is 0. The third-order valence-corrected chi connectivity index (χ3v) is 3.65. The number of halogens is 1. The Morgan fingerprint density at radius 1 is 1.38 bits per heavy atom. The van der Waals surface area contributed by atoms with Crippen LogP contribution in [0.1, 0.15) is 13.3 Å². The quantitative estimate of drug-likeness (QED) is 0.892. The number of ether oxygens (including phenoxy) is 1. The highest BCUT2D eigenvalue weighted by Crippen LogP contribution is 2.26. The van der Waals surface area contributed by atoms with E-state index in [1.807, 2.05) is 6.92 Å². The molecule has 0 aliphatic carbocycles. The minimum atomic E-state index is -4.03. The molecule has 0 radical (unpaired) electrons. The standard InChI is InChI=1S/C12H15FN4O3S/c1-3-6-17-11(15-16-12(17)21(14,18)19)9-5-4-8(20-2)7-10(9)13/h4-5,7H,3,6H2,1-2H3,(H2,14,18,19). The molecule has 0 saturated carbocycles. The van der Waals surface area contributed by atoms with Crippen LogP contribution in [-0.2, 0) is 16.6 Å². The number of hydrogen-bond donors (Lipinski definition) is 1. The van der Waals surface area contributed by atoms with Crippen molar-refractivity contribution < 1.29 is 17.5 Å². The first-order valence-electron chi connectivity index (χ1n) is 6.18. The Morgan fingerprint density at radius 3 is 2.62 bits per heavy atom. The summed E-state index contributed by atoms with van der Waals surface area (Å²) in [5.74, 6) is -0.120. The van der Waals surface area contributed by atoms with Gasteiger partial charge in [0.1, 0.15) is 11.6 Å². The number of aromatic nitrogens is 3. The second kappa shape index (κ2) is 5.78. The lowest BCUT2D eigenvalue weighted by Gasteiger charge is -2.09. The van der Waals surface area contributed by atoms with E-state index >= 15 is 0 Å². The van der Waals surface area contributed by atoms with E-state index in [1.54, 1.807) is 6.07 Å². The van der Waals surface area contributed by atoms with Gasteiger partial charge in [0.2, 0.25) is 0 Å². The summed E-state index contributed by atoms with van der Waals surface area (Å²) < 4.78 is 43.3. The van der Waals surface area contributed by atoms with Crippen LogP contribution >= 0.6 is 0 Å². The number of primary sulfonamides is 1. The highest BCUT2D eigenvalue weighted by molar-refractivity contribution is 7.89. The Hall–Kier alpha value is -2.00. The fourth-order valence-electron chi connectivity index (χ4n) is 1.93. The predicted octanol–water partition coefficient (Wildman–Crippen LogP) is 1.15. The molecule has 7 nitrogen and oxygen atoms in total.